The van der Waals surface area contributed by atoms with Crippen LogP contribution in [0.25, 0.3) is 11.1 Å². The predicted molar refractivity (Wildman–Crippen MR) is 113 cm³/mol. The molecule has 0 unspecified atom stereocenters. The number of nitrogens with zero attached hydrogens (tertiary/aromatic N) is 5. The van der Waals surface area contributed by atoms with Gasteiger partial charge in [0, 0.05) is 45.3 Å². The summed E-state index contributed by atoms with van der Waals surface area (Å²) in [6.07, 6.45) is 1.55. The third kappa shape index (κ3) is 3.89. The van der Waals surface area contributed by atoms with Gasteiger partial charge in [-0.25, -0.2) is 23.2 Å². The third-order valence-corrected chi connectivity index (χ3v) is 7.46. The van der Waals surface area contributed by atoms with Gasteiger partial charge in [0.1, 0.15) is 18.0 Å². The Hall–Kier alpha value is -2.96. The number of aromatic nitrogens is 3. The average molecular weight is 446 g/mol. The first kappa shape index (κ1) is 20.0. The van der Waals surface area contributed by atoms with Gasteiger partial charge in [-0.2, -0.15) is 4.31 Å². The van der Waals surface area contributed by atoms with Crippen LogP contribution in [0.3, 0.4) is 0 Å². The van der Waals surface area contributed by atoms with E-state index in [0.717, 1.165) is 24.7 Å². The molecule has 31 heavy (non-hydrogen) atoms. The number of morpholine rings is 1. The van der Waals surface area contributed by atoms with E-state index in [9.17, 15) is 13.2 Å². The molecule has 2 aliphatic heterocycles. The van der Waals surface area contributed by atoms with Gasteiger partial charge in [-0.1, -0.05) is 0 Å². The smallest absolute Gasteiger partial charge is 0.408 e. The summed E-state index contributed by atoms with van der Waals surface area (Å²) < 4.78 is 38.0. The van der Waals surface area contributed by atoms with E-state index in [1.165, 1.54) is 22.5 Å². The molecule has 2 aliphatic rings. The number of benzene rings is 1. The molecule has 11 nitrogen and oxygen atoms in total. The van der Waals surface area contributed by atoms with Crippen molar-refractivity contribution in [2.24, 2.45) is 0 Å². The van der Waals surface area contributed by atoms with E-state index in [1.54, 1.807) is 6.33 Å². The van der Waals surface area contributed by atoms with E-state index in [0.29, 0.717) is 50.5 Å². The number of oxazole rings is 1. The van der Waals surface area contributed by atoms with Crippen LogP contribution in [0.4, 0.5) is 11.6 Å². The number of nitrogens with one attached hydrogen (secondary N) is 1. The maximum atomic E-state index is 13.1. The minimum Gasteiger partial charge on any atom is -0.408 e. The fraction of sp³-hybridized carbons (Fsp3) is 0.421. The van der Waals surface area contributed by atoms with Crippen molar-refractivity contribution in [3.8, 4) is 0 Å². The van der Waals surface area contributed by atoms with Crippen molar-refractivity contribution in [3.05, 3.63) is 41.1 Å². The number of anilines is 2. The Bertz CT molecular complexity index is 1240. The Morgan fingerprint density at radius 2 is 1.58 bits per heavy atom. The fourth-order valence-electron chi connectivity index (χ4n) is 3.87. The number of sulfonamides is 1. The van der Waals surface area contributed by atoms with Gasteiger partial charge in [0.05, 0.1) is 23.6 Å². The molecule has 164 valence electrons. The lowest BCUT2D eigenvalue weighted by Gasteiger charge is -2.35. The molecule has 0 aliphatic carbocycles. The molecule has 0 atom stereocenters. The molecule has 2 saturated heterocycles. The molecular formula is C19H22N6O5S. The van der Waals surface area contributed by atoms with E-state index < -0.39 is 15.8 Å². The Balaban J connectivity index is 1.30. The van der Waals surface area contributed by atoms with Crippen molar-refractivity contribution in [1.29, 1.82) is 0 Å². The van der Waals surface area contributed by atoms with Crippen molar-refractivity contribution in [2.45, 2.75) is 4.90 Å². The normalized spacial score (nSPS) is 18.6. The molecule has 4 heterocycles. The molecule has 1 N–H and O–H groups in total. The van der Waals surface area contributed by atoms with Crippen LogP contribution in [0.5, 0.6) is 0 Å². The van der Waals surface area contributed by atoms with Gasteiger partial charge >= 0.3 is 5.76 Å². The van der Waals surface area contributed by atoms with Gasteiger partial charge in [0.25, 0.3) is 0 Å². The number of fused-ring (bicyclic) bond motifs is 1. The van der Waals surface area contributed by atoms with Crippen molar-refractivity contribution in [2.75, 3.05) is 62.3 Å². The second kappa shape index (κ2) is 7.94. The van der Waals surface area contributed by atoms with Crippen molar-refractivity contribution >= 4 is 32.8 Å². The summed E-state index contributed by atoms with van der Waals surface area (Å²) in [4.78, 5) is 26.9. The number of ether oxygens (including phenoxy) is 1. The van der Waals surface area contributed by atoms with Crippen LogP contribution in [-0.4, -0.2) is 80.2 Å². The molecule has 0 amide bonds. The molecule has 1 aromatic carbocycles. The van der Waals surface area contributed by atoms with Crippen molar-refractivity contribution < 1.29 is 17.6 Å². The van der Waals surface area contributed by atoms with Crippen molar-refractivity contribution in [1.82, 2.24) is 19.3 Å². The number of aromatic amines is 1. The van der Waals surface area contributed by atoms with Crippen LogP contribution in [0, 0.1) is 0 Å². The number of rotatable bonds is 4. The minimum absolute atomic E-state index is 0.127. The van der Waals surface area contributed by atoms with Crippen LogP contribution in [0.15, 0.2) is 44.7 Å². The zero-order chi connectivity index (χ0) is 21.4. The van der Waals surface area contributed by atoms with Gasteiger partial charge in [0.15, 0.2) is 5.58 Å². The van der Waals surface area contributed by atoms with Crippen LogP contribution in [0.1, 0.15) is 0 Å². The second-order valence-corrected chi connectivity index (χ2v) is 9.34. The zero-order valence-electron chi connectivity index (χ0n) is 16.7. The first-order valence-electron chi connectivity index (χ1n) is 10.0. The maximum absolute atomic E-state index is 13.1. The molecule has 2 aromatic heterocycles. The summed E-state index contributed by atoms with van der Waals surface area (Å²) in [5.74, 6) is 1.02. The van der Waals surface area contributed by atoms with E-state index in [4.69, 9.17) is 9.15 Å². The zero-order valence-corrected chi connectivity index (χ0v) is 17.5. The Morgan fingerprint density at radius 3 is 2.29 bits per heavy atom. The standard InChI is InChI=1S/C19H22N6O5S/c26-19-22-15-11-14(1-2-16(15)30-19)31(27,28)25-5-3-23(4-6-25)17-12-18(21-13-20-17)24-7-9-29-10-8-24/h1-2,11-13H,3-10H2,(H,22,26). The number of H-pyrrole nitrogens is 1. The lowest BCUT2D eigenvalue weighted by Crippen LogP contribution is -2.49. The lowest BCUT2D eigenvalue weighted by molar-refractivity contribution is 0.122. The van der Waals surface area contributed by atoms with Gasteiger partial charge in [-0.05, 0) is 18.2 Å². The van der Waals surface area contributed by atoms with Gasteiger partial charge in [-0.15, -0.1) is 0 Å². The Morgan fingerprint density at radius 1 is 0.903 bits per heavy atom. The highest BCUT2D eigenvalue weighted by Gasteiger charge is 2.29. The average Bonchev–Trinajstić information content (AvgIpc) is 3.19. The highest BCUT2D eigenvalue weighted by molar-refractivity contribution is 7.89. The monoisotopic (exact) mass is 446 g/mol. The van der Waals surface area contributed by atoms with Crippen LogP contribution in [-0.2, 0) is 14.8 Å². The highest BCUT2D eigenvalue weighted by atomic mass is 32.2. The number of hydrogen-bond acceptors (Lipinski definition) is 9. The molecular weight excluding hydrogens is 424 g/mol. The van der Waals surface area contributed by atoms with E-state index in [1.807, 2.05) is 6.07 Å². The third-order valence-electron chi connectivity index (χ3n) is 5.56. The number of hydrogen-bond donors (Lipinski definition) is 1. The first-order chi connectivity index (χ1) is 15.0. The van der Waals surface area contributed by atoms with E-state index in [-0.39, 0.29) is 4.90 Å². The van der Waals surface area contributed by atoms with E-state index in [2.05, 4.69) is 24.8 Å². The van der Waals surface area contributed by atoms with Crippen LogP contribution in [0.2, 0.25) is 0 Å². The molecule has 3 aromatic rings. The highest BCUT2D eigenvalue weighted by Crippen LogP contribution is 2.24. The molecule has 0 bridgehead atoms. The summed E-state index contributed by atoms with van der Waals surface area (Å²) >= 11 is 0. The molecule has 0 radical (unpaired) electrons. The number of piperazine rings is 1. The van der Waals surface area contributed by atoms with Crippen molar-refractivity contribution in [3.63, 3.8) is 0 Å². The molecule has 5 rings (SSSR count). The Labute approximate surface area is 178 Å². The largest absolute Gasteiger partial charge is 0.417 e. The fourth-order valence-corrected chi connectivity index (χ4v) is 5.32. The maximum Gasteiger partial charge on any atom is 0.417 e. The lowest BCUT2D eigenvalue weighted by atomic mass is 10.3. The molecule has 2 fully saturated rings. The molecule has 0 spiro atoms. The summed E-state index contributed by atoms with van der Waals surface area (Å²) in [6.45, 7) is 4.62. The summed E-state index contributed by atoms with van der Waals surface area (Å²) in [5.41, 5.74) is 0.690. The predicted octanol–water partition coefficient (Wildman–Crippen LogP) is 0.259. The second-order valence-electron chi connectivity index (χ2n) is 7.40. The summed E-state index contributed by atoms with van der Waals surface area (Å²) in [6, 6.07) is 6.32. The SMILES string of the molecule is O=c1[nH]c2cc(S(=O)(=O)N3CCN(c4cc(N5CCOCC5)ncn4)CC3)ccc2o1. The van der Waals surface area contributed by atoms with Crippen LogP contribution >= 0.6 is 0 Å². The van der Waals surface area contributed by atoms with Gasteiger partial charge in [-0.3, -0.25) is 4.98 Å². The topological polar surface area (TPSA) is 125 Å². The summed E-state index contributed by atoms with van der Waals surface area (Å²) in [7, 11) is -3.69. The van der Waals surface area contributed by atoms with Gasteiger partial charge < -0.3 is 19.0 Å². The van der Waals surface area contributed by atoms with Gasteiger partial charge in [0.2, 0.25) is 10.0 Å². The first-order valence-corrected chi connectivity index (χ1v) is 11.5. The summed E-state index contributed by atoms with van der Waals surface area (Å²) in [5, 5.41) is 0. The quantitative estimate of drug-likeness (QED) is 0.601. The Kier molecular flexibility index (Phi) is 5.12. The van der Waals surface area contributed by atoms with Crippen LogP contribution < -0.4 is 15.6 Å². The molecule has 0 saturated carbocycles. The van der Waals surface area contributed by atoms with E-state index >= 15 is 0 Å². The molecule has 12 heteroatoms. The minimum atomic E-state index is -3.69.